The molecule has 1 N–H and O–H groups in total. The van der Waals surface area contributed by atoms with Gasteiger partial charge in [0.2, 0.25) is 11.7 Å². The smallest absolute Gasteiger partial charge is 0.244 e. The van der Waals surface area contributed by atoms with Gasteiger partial charge < -0.3 is 14.6 Å². The number of hydrogen-bond acceptors (Lipinski definition) is 5. The van der Waals surface area contributed by atoms with Crippen LogP contribution in [0.4, 0.5) is 0 Å². The lowest BCUT2D eigenvalue weighted by atomic mass is 9.77. The zero-order valence-corrected chi connectivity index (χ0v) is 12.0. The van der Waals surface area contributed by atoms with Crippen LogP contribution >= 0.6 is 0 Å². The first kappa shape index (κ1) is 13.1. The molecule has 2 heterocycles. The fraction of sp³-hybridized carbons (Fsp3) is 0.857. The van der Waals surface area contributed by atoms with E-state index in [2.05, 4.69) is 29.3 Å². The highest BCUT2D eigenvalue weighted by Crippen LogP contribution is 2.44. The van der Waals surface area contributed by atoms with Gasteiger partial charge in [-0.25, -0.2) is 0 Å². The van der Waals surface area contributed by atoms with Crippen LogP contribution in [0.5, 0.6) is 0 Å². The Kier molecular flexibility index (Phi) is 3.14. The van der Waals surface area contributed by atoms with Crippen molar-refractivity contribution in [3.8, 4) is 0 Å². The molecule has 2 fully saturated rings. The summed E-state index contributed by atoms with van der Waals surface area (Å²) in [5, 5.41) is 7.68. The highest BCUT2D eigenvalue weighted by molar-refractivity contribution is 5.09. The Labute approximate surface area is 114 Å². The third-order valence-electron chi connectivity index (χ3n) is 4.78. The van der Waals surface area contributed by atoms with E-state index in [1.54, 1.807) is 7.11 Å². The van der Waals surface area contributed by atoms with Crippen LogP contribution in [0.1, 0.15) is 63.7 Å². The molecule has 0 aromatic carbocycles. The summed E-state index contributed by atoms with van der Waals surface area (Å²) in [5.41, 5.74) is -0.136. The van der Waals surface area contributed by atoms with Crippen molar-refractivity contribution in [2.45, 2.75) is 57.6 Å². The first-order valence-electron chi connectivity index (χ1n) is 7.20. The number of rotatable bonds is 3. The van der Waals surface area contributed by atoms with E-state index in [4.69, 9.17) is 9.26 Å². The van der Waals surface area contributed by atoms with Crippen molar-refractivity contribution < 1.29 is 9.26 Å². The summed E-state index contributed by atoms with van der Waals surface area (Å²) < 4.78 is 11.1. The molecule has 0 amide bonds. The summed E-state index contributed by atoms with van der Waals surface area (Å²) in [5.74, 6) is 1.43. The Bertz CT molecular complexity index is 446. The molecule has 5 nitrogen and oxygen atoms in total. The first-order valence-corrected chi connectivity index (χ1v) is 7.20. The number of nitrogens with zero attached hydrogens (tertiary/aromatic N) is 2. The molecular weight excluding hydrogens is 242 g/mol. The van der Waals surface area contributed by atoms with Gasteiger partial charge in [0.05, 0.1) is 6.04 Å². The molecule has 1 aromatic rings. The highest BCUT2D eigenvalue weighted by atomic mass is 16.5. The molecule has 0 bridgehead atoms. The van der Waals surface area contributed by atoms with Crippen molar-refractivity contribution in [1.82, 2.24) is 15.5 Å². The van der Waals surface area contributed by atoms with Gasteiger partial charge in [-0.15, -0.1) is 0 Å². The fourth-order valence-electron chi connectivity index (χ4n) is 3.19. The second kappa shape index (κ2) is 4.56. The van der Waals surface area contributed by atoms with Gasteiger partial charge in [0.15, 0.2) is 0 Å². The number of methoxy groups -OCH3 is 1. The van der Waals surface area contributed by atoms with Crippen LogP contribution in [-0.4, -0.2) is 23.8 Å². The summed E-state index contributed by atoms with van der Waals surface area (Å²) in [6.45, 7) is 5.52. The molecule has 19 heavy (non-hydrogen) atoms. The SMILES string of the molecule is COC1(c2noc(C3NCCCC3(C)C)n2)CCC1. The van der Waals surface area contributed by atoms with Gasteiger partial charge in [-0.05, 0) is 44.1 Å². The average Bonchev–Trinajstić information content (AvgIpc) is 2.77. The van der Waals surface area contributed by atoms with Gasteiger partial charge in [-0.2, -0.15) is 4.98 Å². The molecule has 106 valence electrons. The number of nitrogens with one attached hydrogen (secondary N) is 1. The van der Waals surface area contributed by atoms with E-state index in [1.165, 1.54) is 19.3 Å². The van der Waals surface area contributed by atoms with E-state index in [-0.39, 0.29) is 17.1 Å². The van der Waals surface area contributed by atoms with Crippen molar-refractivity contribution in [2.24, 2.45) is 5.41 Å². The summed E-state index contributed by atoms with van der Waals surface area (Å²) >= 11 is 0. The van der Waals surface area contributed by atoms with Crippen molar-refractivity contribution in [3.05, 3.63) is 11.7 Å². The minimum Gasteiger partial charge on any atom is -0.370 e. The van der Waals surface area contributed by atoms with Crippen LogP contribution in [-0.2, 0) is 10.3 Å². The lowest BCUT2D eigenvalue weighted by Gasteiger charge is -2.38. The minimum absolute atomic E-state index is 0.150. The average molecular weight is 265 g/mol. The third kappa shape index (κ3) is 2.09. The summed E-state index contributed by atoms with van der Waals surface area (Å²) in [7, 11) is 1.73. The predicted octanol–water partition coefficient (Wildman–Crippen LogP) is 2.55. The lowest BCUT2D eigenvalue weighted by Crippen LogP contribution is -2.40. The van der Waals surface area contributed by atoms with Crippen molar-refractivity contribution >= 4 is 0 Å². The molecule has 0 radical (unpaired) electrons. The van der Waals surface area contributed by atoms with Gasteiger partial charge in [0, 0.05) is 7.11 Å². The van der Waals surface area contributed by atoms with Crippen LogP contribution in [0.15, 0.2) is 4.52 Å². The molecule has 1 aliphatic carbocycles. The molecule has 1 unspecified atom stereocenters. The highest BCUT2D eigenvalue weighted by Gasteiger charge is 2.45. The van der Waals surface area contributed by atoms with Crippen LogP contribution < -0.4 is 5.32 Å². The maximum Gasteiger partial charge on any atom is 0.244 e. The molecule has 3 rings (SSSR count). The van der Waals surface area contributed by atoms with Crippen LogP contribution in [0.2, 0.25) is 0 Å². The summed E-state index contributed by atoms with van der Waals surface area (Å²) in [4.78, 5) is 4.63. The Morgan fingerprint density at radius 1 is 1.26 bits per heavy atom. The Morgan fingerprint density at radius 2 is 2.05 bits per heavy atom. The van der Waals surface area contributed by atoms with Crippen LogP contribution in [0.3, 0.4) is 0 Å². The molecule has 2 aliphatic rings. The van der Waals surface area contributed by atoms with E-state index >= 15 is 0 Å². The number of aromatic nitrogens is 2. The van der Waals surface area contributed by atoms with E-state index in [1.807, 2.05) is 0 Å². The van der Waals surface area contributed by atoms with Crippen molar-refractivity contribution in [3.63, 3.8) is 0 Å². The molecule has 1 saturated carbocycles. The molecule has 1 saturated heterocycles. The Morgan fingerprint density at radius 3 is 2.63 bits per heavy atom. The maximum absolute atomic E-state index is 5.61. The van der Waals surface area contributed by atoms with Crippen LogP contribution in [0, 0.1) is 5.41 Å². The number of hydrogen-bond donors (Lipinski definition) is 1. The Hall–Kier alpha value is -0.940. The minimum atomic E-state index is -0.291. The van der Waals surface area contributed by atoms with Crippen molar-refractivity contribution in [2.75, 3.05) is 13.7 Å². The number of ether oxygens (including phenoxy) is 1. The fourth-order valence-corrected chi connectivity index (χ4v) is 3.19. The molecule has 1 aromatic heterocycles. The standard InChI is InChI=1S/C14H23N3O2/c1-13(2)6-5-9-15-10(13)11-16-12(17-19-11)14(18-3)7-4-8-14/h10,15H,4-9H2,1-3H3. The zero-order chi connectivity index (χ0) is 13.5. The summed E-state index contributed by atoms with van der Waals surface area (Å²) in [6, 6.07) is 0.150. The molecule has 5 heteroatoms. The summed E-state index contributed by atoms with van der Waals surface area (Å²) in [6.07, 6.45) is 5.53. The topological polar surface area (TPSA) is 60.2 Å². The van der Waals surface area contributed by atoms with Gasteiger partial charge in [-0.1, -0.05) is 19.0 Å². The van der Waals surface area contributed by atoms with Crippen molar-refractivity contribution in [1.29, 1.82) is 0 Å². The normalized spacial score (nSPS) is 28.9. The van der Waals surface area contributed by atoms with E-state index in [0.717, 1.165) is 25.2 Å². The number of piperidine rings is 1. The predicted molar refractivity (Wildman–Crippen MR) is 70.6 cm³/mol. The monoisotopic (exact) mass is 265 g/mol. The largest absolute Gasteiger partial charge is 0.370 e. The van der Waals surface area contributed by atoms with E-state index < -0.39 is 0 Å². The molecule has 1 aliphatic heterocycles. The zero-order valence-electron chi connectivity index (χ0n) is 12.0. The Balaban J connectivity index is 1.84. The third-order valence-corrected chi connectivity index (χ3v) is 4.78. The first-order chi connectivity index (χ1) is 9.07. The maximum atomic E-state index is 5.61. The second-order valence-electron chi connectivity index (χ2n) is 6.49. The molecule has 1 atom stereocenters. The molecular formula is C14H23N3O2. The quantitative estimate of drug-likeness (QED) is 0.910. The van der Waals surface area contributed by atoms with E-state index in [9.17, 15) is 0 Å². The van der Waals surface area contributed by atoms with Gasteiger partial charge in [0.25, 0.3) is 0 Å². The van der Waals surface area contributed by atoms with E-state index in [0.29, 0.717) is 5.89 Å². The van der Waals surface area contributed by atoms with Crippen LogP contribution in [0.25, 0.3) is 0 Å². The van der Waals surface area contributed by atoms with Gasteiger partial charge in [0.1, 0.15) is 5.60 Å². The molecule has 0 spiro atoms. The lowest BCUT2D eigenvalue weighted by molar-refractivity contribution is -0.0858. The van der Waals surface area contributed by atoms with Gasteiger partial charge in [-0.3, -0.25) is 0 Å². The van der Waals surface area contributed by atoms with Gasteiger partial charge >= 0.3 is 0 Å². The second-order valence-corrected chi connectivity index (χ2v) is 6.49.